The molecular formula is C25H29N5O3. The third-order valence-electron chi connectivity index (χ3n) is 5.96. The van der Waals surface area contributed by atoms with Gasteiger partial charge in [-0.25, -0.2) is 9.67 Å². The number of amides is 2. The molecule has 2 amide bonds. The predicted molar refractivity (Wildman–Crippen MR) is 125 cm³/mol. The minimum absolute atomic E-state index is 0.0498. The number of hydrogen-bond donors (Lipinski definition) is 0. The Labute approximate surface area is 193 Å². The summed E-state index contributed by atoms with van der Waals surface area (Å²) in [5.74, 6) is 1.36. The van der Waals surface area contributed by atoms with Crippen LogP contribution in [0.5, 0.6) is 5.75 Å². The Hall–Kier alpha value is -3.68. The number of methoxy groups -OCH3 is 1. The van der Waals surface area contributed by atoms with E-state index in [1.54, 1.807) is 40.1 Å². The SMILES string of the molecule is COc1cc(C(=O)N2CCN(C(=O)c3cnn(-c4ccccn4)c3C(C)C)CC2)ccc1C. The predicted octanol–water partition coefficient (Wildman–Crippen LogP) is 3.31. The van der Waals surface area contributed by atoms with Gasteiger partial charge in [-0.2, -0.15) is 5.10 Å². The fourth-order valence-electron chi connectivity index (χ4n) is 4.16. The number of ether oxygens (including phenoxy) is 1. The van der Waals surface area contributed by atoms with E-state index in [0.29, 0.717) is 48.9 Å². The van der Waals surface area contributed by atoms with Gasteiger partial charge in [-0.05, 0) is 42.7 Å². The maximum atomic E-state index is 13.4. The Bertz CT molecular complexity index is 1150. The lowest BCUT2D eigenvalue weighted by Crippen LogP contribution is -2.50. The van der Waals surface area contributed by atoms with Gasteiger partial charge < -0.3 is 14.5 Å². The fraction of sp³-hybridized carbons (Fsp3) is 0.360. The molecule has 3 heterocycles. The van der Waals surface area contributed by atoms with Gasteiger partial charge in [-0.15, -0.1) is 0 Å². The summed E-state index contributed by atoms with van der Waals surface area (Å²) < 4.78 is 7.09. The van der Waals surface area contributed by atoms with Crippen molar-refractivity contribution in [2.24, 2.45) is 0 Å². The molecule has 2 aromatic heterocycles. The molecule has 4 rings (SSSR count). The highest BCUT2D eigenvalue weighted by molar-refractivity contribution is 5.97. The van der Waals surface area contributed by atoms with Gasteiger partial charge in [0.1, 0.15) is 5.75 Å². The van der Waals surface area contributed by atoms with Crippen LogP contribution in [0.15, 0.2) is 48.8 Å². The van der Waals surface area contributed by atoms with E-state index in [0.717, 1.165) is 11.3 Å². The van der Waals surface area contributed by atoms with E-state index >= 15 is 0 Å². The summed E-state index contributed by atoms with van der Waals surface area (Å²) in [4.78, 5) is 34.3. The second-order valence-corrected chi connectivity index (χ2v) is 8.47. The van der Waals surface area contributed by atoms with Gasteiger partial charge in [0.15, 0.2) is 5.82 Å². The Morgan fingerprint density at radius 1 is 1.00 bits per heavy atom. The topological polar surface area (TPSA) is 80.6 Å². The van der Waals surface area contributed by atoms with Crippen LogP contribution in [0.3, 0.4) is 0 Å². The number of benzene rings is 1. The van der Waals surface area contributed by atoms with Gasteiger partial charge in [0.25, 0.3) is 11.8 Å². The molecule has 3 aromatic rings. The number of rotatable bonds is 5. The molecule has 1 saturated heterocycles. The molecule has 0 N–H and O–H groups in total. The van der Waals surface area contributed by atoms with Gasteiger partial charge in [0, 0.05) is 37.9 Å². The van der Waals surface area contributed by atoms with Crippen LogP contribution >= 0.6 is 0 Å². The molecule has 33 heavy (non-hydrogen) atoms. The molecule has 0 saturated carbocycles. The molecule has 0 spiro atoms. The molecule has 0 radical (unpaired) electrons. The molecule has 0 atom stereocenters. The monoisotopic (exact) mass is 447 g/mol. The number of aryl methyl sites for hydroxylation is 1. The standard InChI is InChI=1S/C25H29N5O3/c1-17(2)23-20(16-27-30(23)22-7-5-6-10-26-22)25(32)29-13-11-28(12-14-29)24(31)19-9-8-18(3)21(15-19)33-4/h5-10,15-17H,11-14H2,1-4H3. The summed E-state index contributed by atoms with van der Waals surface area (Å²) in [5.41, 5.74) is 3.00. The molecule has 0 aliphatic carbocycles. The normalized spacial score (nSPS) is 14.0. The van der Waals surface area contributed by atoms with Crippen molar-refractivity contribution in [3.8, 4) is 11.6 Å². The van der Waals surface area contributed by atoms with Crippen molar-refractivity contribution in [3.63, 3.8) is 0 Å². The first-order valence-corrected chi connectivity index (χ1v) is 11.1. The van der Waals surface area contributed by atoms with E-state index in [1.807, 2.05) is 51.1 Å². The zero-order valence-electron chi connectivity index (χ0n) is 19.5. The first-order chi connectivity index (χ1) is 15.9. The van der Waals surface area contributed by atoms with Crippen molar-refractivity contribution >= 4 is 11.8 Å². The van der Waals surface area contributed by atoms with Crippen LogP contribution in [0.1, 0.15) is 51.7 Å². The third kappa shape index (κ3) is 4.46. The molecule has 0 unspecified atom stereocenters. The molecule has 8 nitrogen and oxygen atoms in total. The van der Waals surface area contributed by atoms with Crippen molar-refractivity contribution in [3.05, 3.63) is 71.2 Å². The van der Waals surface area contributed by atoms with Crippen LogP contribution in [-0.4, -0.2) is 69.7 Å². The fourth-order valence-corrected chi connectivity index (χ4v) is 4.16. The van der Waals surface area contributed by atoms with Crippen LogP contribution < -0.4 is 4.74 Å². The van der Waals surface area contributed by atoms with Crippen LogP contribution in [0.4, 0.5) is 0 Å². The second-order valence-electron chi connectivity index (χ2n) is 8.47. The van der Waals surface area contributed by atoms with Crippen molar-refractivity contribution in [1.82, 2.24) is 24.6 Å². The number of carbonyl (C=O) groups excluding carboxylic acids is 2. The number of aromatic nitrogens is 3. The van der Waals surface area contributed by atoms with Gasteiger partial charge >= 0.3 is 0 Å². The Kier molecular flexibility index (Phi) is 6.44. The van der Waals surface area contributed by atoms with Crippen LogP contribution in [0.25, 0.3) is 5.82 Å². The molecular weight excluding hydrogens is 418 g/mol. The van der Waals surface area contributed by atoms with Crippen LogP contribution in [-0.2, 0) is 0 Å². The maximum Gasteiger partial charge on any atom is 0.257 e. The maximum absolute atomic E-state index is 13.4. The molecule has 1 aromatic carbocycles. The lowest BCUT2D eigenvalue weighted by atomic mass is 10.0. The summed E-state index contributed by atoms with van der Waals surface area (Å²) in [5, 5.41) is 4.46. The highest BCUT2D eigenvalue weighted by atomic mass is 16.5. The number of nitrogens with zero attached hydrogens (tertiary/aromatic N) is 5. The van der Waals surface area contributed by atoms with Crippen LogP contribution in [0.2, 0.25) is 0 Å². The van der Waals surface area contributed by atoms with Gasteiger partial charge in [0.05, 0.1) is 24.6 Å². The number of piperazine rings is 1. The Morgan fingerprint density at radius 2 is 1.70 bits per heavy atom. The van der Waals surface area contributed by atoms with E-state index in [4.69, 9.17) is 4.74 Å². The zero-order valence-corrected chi connectivity index (χ0v) is 19.5. The second kappa shape index (κ2) is 9.44. The molecule has 1 aliphatic heterocycles. The minimum atomic E-state index is -0.0648. The van der Waals surface area contributed by atoms with E-state index in [2.05, 4.69) is 10.1 Å². The van der Waals surface area contributed by atoms with Crippen LogP contribution in [0, 0.1) is 6.92 Å². The zero-order chi connectivity index (χ0) is 23.5. The molecule has 1 aliphatic rings. The molecule has 172 valence electrons. The smallest absolute Gasteiger partial charge is 0.257 e. The molecule has 8 heteroatoms. The summed E-state index contributed by atoms with van der Waals surface area (Å²) in [6.45, 7) is 7.93. The first kappa shape index (κ1) is 22.5. The number of hydrogen-bond acceptors (Lipinski definition) is 5. The van der Waals surface area contributed by atoms with Gasteiger partial charge in [-0.1, -0.05) is 26.0 Å². The highest BCUT2D eigenvalue weighted by Gasteiger charge is 2.29. The quantitative estimate of drug-likeness (QED) is 0.600. The molecule has 0 bridgehead atoms. The highest BCUT2D eigenvalue weighted by Crippen LogP contribution is 2.25. The lowest BCUT2D eigenvalue weighted by molar-refractivity contribution is 0.0534. The van der Waals surface area contributed by atoms with Crippen molar-refractivity contribution in [2.45, 2.75) is 26.7 Å². The Balaban J connectivity index is 1.48. The van der Waals surface area contributed by atoms with Gasteiger partial charge in [0.2, 0.25) is 0 Å². The Morgan fingerprint density at radius 3 is 2.30 bits per heavy atom. The van der Waals surface area contributed by atoms with Crippen molar-refractivity contribution in [2.75, 3.05) is 33.3 Å². The van der Waals surface area contributed by atoms with E-state index < -0.39 is 0 Å². The van der Waals surface area contributed by atoms with Crippen molar-refractivity contribution < 1.29 is 14.3 Å². The minimum Gasteiger partial charge on any atom is -0.496 e. The van der Waals surface area contributed by atoms with Crippen molar-refractivity contribution in [1.29, 1.82) is 0 Å². The summed E-state index contributed by atoms with van der Waals surface area (Å²) in [7, 11) is 1.60. The van der Waals surface area contributed by atoms with E-state index in [1.165, 1.54) is 0 Å². The van der Waals surface area contributed by atoms with E-state index in [9.17, 15) is 9.59 Å². The van der Waals surface area contributed by atoms with Gasteiger partial charge in [-0.3, -0.25) is 9.59 Å². The third-order valence-corrected chi connectivity index (χ3v) is 5.96. The largest absolute Gasteiger partial charge is 0.496 e. The number of pyridine rings is 1. The van der Waals surface area contributed by atoms with E-state index in [-0.39, 0.29) is 17.7 Å². The average molecular weight is 448 g/mol. The lowest BCUT2D eigenvalue weighted by Gasteiger charge is -2.35. The summed E-state index contributed by atoms with van der Waals surface area (Å²) >= 11 is 0. The first-order valence-electron chi connectivity index (χ1n) is 11.1. The number of carbonyl (C=O) groups is 2. The summed E-state index contributed by atoms with van der Waals surface area (Å²) in [6.07, 6.45) is 3.34. The average Bonchev–Trinajstić information content (AvgIpc) is 3.30. The molecule has 1 fully saturated rings. The summed E-state index contributed by atoms with van der Waals surface area (Å²) in [6, 6.07) is 11.1.